The molecule has 0 aliphatic carbocycles. The molecule has 3 aromatic heterocycles. The average molecular weight is 347 g/mol. The number of aromatic nitrogens is 6. The van der Waals surface area contributed by atoms with E-state index >= 15 is 0 Å². The highest BCUT2D eigenvalue weighted by Gasteiger charge is 2.17. The number of hydrogen-bond donors (Lipinski definition) is 0. The topological polar surface area (TPSA) is 64.1 Å². The molecule has 0 spiro atoms. The normalized spacial score (nSPS) is 11.2. The highest BCUT2D eigenvalue weighted by Crippen LogP contribution is 2.22. The third-order valence-electron chi connectivity index (χ3n) is 4.59. The van der Waals surface area contributed by atoms with Crippen LogP contribution in [0.5, 0.6) is 0 Å². The molecule has 0 unspecified atom stereocenters. The Hall–Kier alpha value is -3.22. The Bertz CT molecular complexity index is 1060. The van der Waals surface area contributed by atoms with Crippen molar-refractivity contribution in [3.05, 3.63) is 65.4 Å². The molecule has 4 rings (SSSR count). The summed E-state index contributed by atoms with van der Waals surface area (Å²) in [5.74, 6) is 1.57. The van der Waals surface area contributed by atoms with Gasteiger partial charge in [-0.1, -0.05) is 18.2 Å². The van der Waals surface area contributed by atoms with Gasteiger partial charge in [-0.25, -0.2) is 9.67 Å². The van der Waals surface area contributed by atoms with Crippen LogP contribution in [0.15, 0.2) is 42.7 Å². The fourth-order valence-electron chi connectivity index (χ4n) is 3.23. The van der Waals surface area contributed by atoms with E-state index in [1.165, 1.54) is 11.9 Å². The Balaban J connectivity index is 1.71. The summed E-state index contributed by atoms with van der Waals surface area (Å²) in [6.07, 6.45) is 1.53. The third-order valence-corrected chi connectivity index (χ3v) is 4.59. The van der Waals surface area contributed by atoms with Crippen molar-refractivity contribution in [2.24, 2.45) is 0 Å². The van der Waals surface area contributed by atoms with E-state index in [2.05, 4.69) is 53.0 Å². The second-order valence-corrected chi connectivity index (χ2v) is 6.48. The van der Waals surface area contributed by atoms with Crippen molar-refractivity contribution in [1.29, 1.82) is 0 Å². The van der Waals surface area contributed by atoms with Gasteiger partial charge >= 0.3 is 0 Å². The molecule has 4 aromatic rings. The fourth-order valence-corrected chi connectivity index (χ4v) is 3.23. The first-order valence-electron chi connectivity index (χ1n) is 8.53. The Morgan fingerprint density at radius 2 is 1.85 bits per heavy atom. The lowest BCUT2D eigenvalue weighted by Crippen LogP contribution is -2.21. The molecule has 0 bridgehead atoms. The van der Waals surface area contributed by atoms with E-state index in [9.17, 15) is 0 Å². The maximum atomic E-state index is 4.74. The first-order valence-corrected chi connectivity index (χ1v) is 8.53. The maximum Gasteiger partial charge on any atom is 0.254 e. The van der Waals surface area contributed by atoms with Gasteiger partial charge < -0.3 is 4.90 Å². The zero-order chi connectivity index (χ0) is 18.3. The first kappa shape index (κ1) is 16.3. The van der Waals surface area contributed by atoms with Gasteiger partial charge in [0.2, 0.25) is 0 Å². The predicted octanol–water partition coefficient (Wildman–Crippen LogP) is 2.87. The van der Waals surface area contributed by atoms with Crippen molar-refractivity contribution >= 4 is 11.6 Å². The minimum Gasteiger partial charge on any atom is -0.355 e. The van der Waals surface area contributed by atoms with Crippen molar-refractivity contribution in [2.75, 3.05) is 11.9 Å². The highest BCUT2D eigenvalue weighted by atomic mass is 15.4. The summed E-state index contributed by atoms with van der Waals surface area (Å²) < 4.78 is 3.76. The van der Waals surface area contributed by atoms with E-state index in [1.54, 1.807) is 4.52 Å². The largest absolute Gasteiger partial charge is 0.355 e. The lowest BCUT2D eigenvalue weighted by Gasteiger charge is -2.20. The lowest BCUT2D eigenvalue weighted by molar-refractivity contribution is 0.815. The van der Waals surface area contributed by atoms with Crippen LogP contribution < -0.4 is 4.90 Å². The third kappa shape index (κ3) is 2.71. The van der Waals surface area contributed by atoms with Crippen LogP contribution in [-0.2, 0) is 6.54 Å². The van der Waals surface area contributed by atoms with E-state index in [4.69, 9.17) is 5.10 Å². The molecule has 132 valence electrons. The summed E-state index contributed by atoms with van der Waals surface area (Å²) in [6.45, 7) is 6.86. The van der Waals surface area contributed by atoms with Crippen LogP contribution in [0, 0.1) is 20.8 Å². The van der Waals surface area contributed by atoms with Crippen LogP contribution in [0.1, 0.15) is 22.6 Å². The highest BCUT2D eigenvalue weighted by molar-refractivity contribution is 5.48. The average Bonchev–Trinajstić information content (AvgIpc) is 3.21. The van der Waals surface area contributed by atoms with E-state index in [1.807, 2.05) is 35.9 Å². The van der Waals surface area contributed by atoms with Gasteiger partial charge in [0.15, 0.2) is 0 Å². The van der Waals surface area contributed by atoms with Crippen LogP contribution >= 0.6 is 0 Å². The van der Waals surface area contributed by atoms with Crippen LogP contribution in [0.2, 0.25) is 0 Å². The quantitative estimate of drug-likeness (QED) is 0.568. The lowest BCUT2D eigenvalue weighted by atomic mass is 10.2. The minimum atomic E-state index is 0.611. The van der Waals surface area contributed by atoms with Crippen LogP contribution in [0.4, 0.5) is 5.82 Å². The summed E-state index contributed by atoms with van der Waals surface area (Å²) in [5.41, 5.74) is 5.36. The molecule has 0 saturated carbocycles. The number of para-hydroxylation sites is 1. The number of hydrogen-bond acceptors (Lipinski definition) is 5. The molecule has 0 atom stereocenters. The second kappa shape index (κ2) is 6.25. The predicted molar refractivity (Wildman–Crippen MR) is 101 cm³/mol. The SMILES string of the molecule is Cc1cc(N(C)Cc2c(C)nn(-c3ccccc3)c2C)n2ncnc2n1. The zero-order valence-corrected chi connectivity index (χ0v) is 15.4. The number of anilines is 1. The fraction of sp³-hybridized carbons (Fsp3) is 0.263. The maximum absolute atomic E-state index is 4.74. The molecule has 0 fully saturated rings. The molecular weight excluding hydrogens is 326 g/mol. The Kier molecular flexibility index (Phi) is 3.91. The molecule has 0 saturated heterocycles. The van der Waals surface area contributed by atoms with Gasteiger partial charge in [0.05, 0.1) is 11.4 Å². The number of benzene rings is 1. The minimum absolute atomic E-state index is 0.611. The van der Waals surface area contributed by atoms with Gasteiger partial charge in [0.1, 0.15) is 12.1 Å². The Morgan fingerprint density at radius 1 is 1.08 bits per heavy atom. The zero-order valence-electron chi connectivity index (χ0n) is 15.4. The Labute approximate surface area is 151 Å². The van der Waals surface area contributed by atoms with Gasteiger partial charge in [-0.2, -0.15) is 19.7 Å². The van der Waals surface area contributed by atoms with Crippen molar-refractivity contribution in [3.8, 4) is 5.69 Å². The molecule has 26 heavy (non-hydrogen) atoms. The monoisotopic (exact) mass is 347 g/mol. The molecule has 0 radical (unpaired) electrons. The van der Waals surface area contributed by atoms with Crippen molar-refractivity contribution in [3.63, 3.8) is 0 Å². The number of nitrogens with zero attached hydrogens (tertiary/aromatic N) is 7. The number of fused-ring (bicyclic) bond motifs is 1. The van der Waals surface area contributed by atoms with Crippen molar-refractivity contribution in [2.45, 2.75) is 27.3 Å². The van der Waals surface area contributed by atoms with E-state index in [0.29, 0.717) is 5.78 Å². The van der Waals surface area contributed by atoms with Crippen LogP contribution in [0.25, 0.3) is 11.5 Å². The van der Waals surface area contributed by atoms with Gasteiger partial charge in [-0.3, -0.25) is 0 Å². The Morgan fingerprint density at radius 3 is 2.62 bits per heavy atom. The smallest absolute Gasteiger partial charge is 0.254 e. The van der Waals surface area contributed by atoms with Crippen LogP contribution in [0.3, 0.4) is 0 Å². The van der Waals surface area contributed by atoms with Gasteiger partial charge in [-0.05, 0) is 32.9 Å². The summed E-state index contributed by atoms with van der Waals surface area (Å²) in [4.78, 5) is 10.8. The molecule has 3 heterocycles. The first-order chi connectivity index (χ1) is 12.5. The van der Waals surface area contributed by atoms with E-state index < -0.39 is 0 Å². The molecule has 1 aromatic carbocycles. The summed E-state index contributed by atoms with van der Waals surface area (Å²) in [6, 6.07) is 12.2. The molecular formula is C19H21N7. The summed E-state index contributed by atoms with van der Waals surface area (Å²) in [5, 5.41) is 9.04. The van der Waals surface area contributed by atoms with Crippen LogP contribution in [-0.4, -0.2) is 36.4 Å². The summed E-state index contributed by atoms with van der Waals surface area (Å²) >= 11 is 0. The molecule has 0 amide bonds. The standard InChI is InChI=1S/C19H21N7/c1-13-10-18(26-19(22-13)20-12-21-26)24(4)11-17-14(2)23-25(15(17)3)16-8-6-5-7-9-16/h5-10,12H,11H2,1-4H3. The van der Waals surface area contributed by atoms with Gasteiger partial charge in [0.25, 0.3) is 5.78 Å². The van der Waals surface area contributed by atoms with Gasteiger partial charge in [-0.15, -0.1) is 0 Å². The molecule has 0 N–H and O–H groups in total. The number of aryl methyl sites for hydroxylation is 2. The molecule has 7 nitrogen and oxygen atoms in total. The van der Waals surface area contributed by atoms with Gasteiger partial charge in [0, 0.05) is 36.6 Å². The van der Waals surface area contributed by atoms with Crippen molar-refractivity contribution in [1.82, 2.24) is 29.4 Å². The summed E-state index contributed by atoms with van der Waals surface area (Å²) in [7, 11) is 2.05. The number of rotatable bonds is 4. The molecule has 7 heteroatoms. The van der Waals surface area contributed by atoms with E-state index in [0.717, 1.165) is 35.1 Å². The molecule has 0 aliphatic heterocycles. The van der Waals surface area contributed by atoms with E-state index in [-0.39, 0.29) is 0 Å². The second-order valence-electron chi connectivity index (χ2n) is 6.48. The van der Waals surface area contributed by atoms with Crippen molar-refractivity contribution < 1.29 is 0 Å². The molecule has 0 aliphatic rings.